The number of ether oxygens (including phenoxy) is 1. The first kappa shape index (κ1) is 12.5. The van der Waals surface area contributed by atoms with Gasteiger partial charge in [-0.05, 0) is 55.2 Å². The third kappa shape index (κ3) is 3.04. The van der Waals surface area contributed by atoms with E-state index in [1.807, 2.05) is 31.2 Å². The first-order valence-corrected chi connectivity index (χ1v) is 6.26. The molecule has 0 atom stereocenters. The maximum Gasteiger partial charge on any atom is 0.122 e. The van der Waals surface area contributed by atoms with E-state index in [9.17, 15) is 0 Å². The Morgan fingerprint density at radius 2 is 1.83 bits per heavy atom. The van der Waals surface area contributed by atoms with Crippen LogP contribution in [0, 0.1) is 6.92 Å². The number of anilines is 1. The predicted octanol–water partition coefficient (Wildman–Crippen LogP) is 3.57. The molecule has 0 aliphatic heterocycles. The van der Waals surface area contributed by atoms with E-state index in [1.165, 1.54) is 16.7 Å². The first-order chi connectivity index (χ1) is 8.69. The average molecular weight is 241 g/mol. The summed E-state index contributed by atoms with van der Waals surface area (Å²) in [7, 11) is 0. The molecule has 0 radical (unpaired) electrons. The van der Waals surface area contributed by atoms with Crippen LogP contribution in [0.1, 0.15) is 23.6 Å². The molecule has 0 saturated heterocycles. The lowest BCUT2D eigenvalue weighted by Gasteiger charge is -2.09. The quantitative estimate of drug-likeness (QED) is 0.831. The van der Waals surface area contributed by atoms with Gasteiger partial charge in [-0.1, -0.05) is 24.3 Å². The molecule has 2 heteroatoms. The van der Waals surface area contributed by atoms with E-state index in [1.54, 1.807) is 0 Å². The van der Waals surface area contributed by atoms with Crippen LogP contribution in [0.5, 0.6) is 5.75 Å². The molecule has 2 aromatic rings. The number of hydrogen-bond acceptors (Lipinski definition) is 2. The smallest absolute Gasteiger partial charge is 0.122 e. The second kappa shape index (κ2) is 5.58. The summed E-state index contributed by atoms with van der Waals surface area (Å²) in [6.45, 7) is 4.78. The van der Waals surface area contributed by atoms with Crippen molar-refractivity contribution < 1.29 is 4.74 Å². The second-order valence-electron chi connectivity index (χ2n) is 4.45. The molecule has 0 bridgehead atoms. The Kier molecular flexibility index (Phi) is 3.88. The van der Waals surface area contributed by atoms with Gasteiger partial charge in [-0.3, -0.25) is 0 Å². The first-order valence-electron chi connectivity index (χ1n) is 6.26. The van der Waals surface area contributed by atoms with Crippen LogP contribution >= 0.6 is 0 Å². The van der Waals surface area contributed by atoms with Gasteiger partial charge in [0.2, 0.25) is 0 Å². The van der Waals surface area contributed by atoms with Crippen molar-refractivity contribution >= 4 is 5.69 Å². The van der Waals surface area contributed by atoms with Crippen molar-refractivity contribution in [2.24, 2.45) is 0 Å². The number of nitrogen functional groups attached to an aromatic ring is 1. The average Bonchev–Trinajstić information content (AvgIpc) is 2.33. The highest BCUT2D eigenvalue weighted by Gasteiger charge is 2.02. The Bertz CT molecular complexity index is 534. The Labute approximate surface area is 108 Å². The molecule has 94 valence electrons. The highest BCUT2D eigenvalue weighted by Crippen LogP contribution is 2.21. The minimum atomic E-state index is 0.704. The van der Waals surface area contributed by atoms with E-state index >= 15 is 0 Å². The van der Waals surface area contributed by atoms with Gasteiger partial charge in [-0.15, -0.1) is 0 Å². The van der Waals surface area contributed by atoms with Crippen LogP contribution in [-0.4, -0.2) is 6.61 Å². The summed E-state index contributed by atoms with van der Waals surface area (Å²) in [5.41, 5.74) is 10.3. The minimum Gasteiger partial charge on any atom is -0.494 e. The molecule has 18 heavy (non-hydrogen) atoms. The second-order valence-corrected chi connectivity index (χ2v) is 4.45. The fraction of sp³-hybridized carbons (Fsp3) is 0.250. The van der Waals surface area contributed by atoms with Gasteiger partial charge < -0.3 is 10.5 Å². The van der Waals surface area contributed by atoms with E-state index in [2.05, 4.69) is 25.1 Å². The van der Waals surface area contributed by atoms with Crippen LogP contribution in [-0.2, 0) is 6.42 Å². The number of benzene rings is 2. The predicted molar refractivity (Wildman–Crippen MR) is 76.0 cm³/mol. The van der Waals surface area contributed by atoms with Gasteiger partial charge in [0.1, 0.15) is 5.75 Å². The van der Waals surface area contributed by atoms with Crippen molar-refractivity contribution in [1.29, 1.82) is 0 Å². The van der Waals surface area contributed by atoms with Gasteiger partial charge in [0.05, 0.1) is 6.61 Å². The van der Waals surface area contributed by atoms with E-state index in [0.717, 1.165) is 17.9 Å². The Morgan fingerprint density at radius 1 is 1.06 bits per heavy atom. The van der Waals surface area contributed by atoms with E-state index in [0.29, 0.717) is 6.61 Å². The summed E-state index contributed by atoms with van der Waals surface area (Å²) in [5.74, 6) is 0.967. The molecule has 0 aliphatic rings. The van der Waals surface area contributed by atoms with Crippen LogP contribution < -0.4 is 10.5 Å². The topological polar surface area (TPSA) is 35.2 Å². The normalized spacial score (nSPS) is 10.3. The zero-order chi connectivity index (χ0) is 13.0. The van der Waals surface area contributed by atoms with Crippen molar-refractivity contribution in [3.05, 3.63) is 59.2 Å². The third-order valence-electron chi connectivity index (χ3n) is 2.90. The molecule has 2 aromatic carbocycles. The lowest BCUT2D eigenvalue weighted by atomic mass is 10.0. The Balaban J connectivity index is 2.17. The van der Waals surface area contributed by atoms with Crippen LogP contribution in [0.2, 0.25) is 0 Å². The molecular formula is C16H19NO. The summed E-state index contributed by atoms with van der Waals surface area (Å²) in [5, 5.41) is 0. The molecule has 0 aromatic heterocycles. The van der Waals surface area contributed by atoms with Gasteiger partial charge in [-0.25, -0.2) is 0 Å². The zero-order valence-electron chi connectivity index (χ0n) is 10.9. The van der Waals surface area contributed by atoms with Crippen LogP contribution in [0.15, 0.2) is 42.5 Å². The monoisotopic (exact) mass is 241 g/mol. The fourth-order valence-corrected chi connectivity index (χ4v) is 2.08. The fourth-order valence-electron chi connectivity index (χ4n) is 2.08. The SMILES string of the molecule is CCOc1ccc(Cc2cccc(N)c2)cc1C. The van der Waals surface area contributed by atoms with Crippen LogP contribution in [0.4, 0.5) is 5.69 Å². The van der Waals surface area contributed by atoms with Gasteiger partial charge in [0, 0.05) is 5.69 Å². The number of rotatable bonds is 4. The molecule has 0 saturated carbocycles. The molecule has 0 amide bonds. The van der Waals surface area contributed by atoms with Crippen LogP contribution in [0.25, 0.3) is 0 Å². The van der Waals surface area contributed by atoms with Crippen molar-refractivity contribution in [3.63, 3.8) is 0 Å². The zero-order valence-corrected chi connectivity index (χ0v) is 10.9. The van der Waals surface area contributed by atoms with Gasteiger partial charge in [-0.2, -0.15) is 0 Å². The van der Waals surface area contributed by atoms with Gasteiger partial charge >= 0.3 is 0 Å². The third-order valence-corrected chi connectivity index (χ3v) is 2.90. The van der Waals surface area contributed by atoms with Crippen molar-refractivity contribution in [2.75, 3.05) is 12.3 Å². The van der Waals surface area contributed by atoms with Crippen molar-refractivity contribution in [1.82, 2.24) is 0 Å². The summed E-state index contributed by atoms with van der Waals surface area (Å²) in [6.07, 6.45) is 0.901. The molecule has 2 nitrogen and oxygen atoms in total. The maximum atomic E-state index is 5.79. The number of hydrogen-bond donors (Lipinski definition) is 1. The number of aryl methyl sites for hydroxylation is 1. The molecule has 0 spiro atoms. The summed E-state index contributed by atoms with van der Waals surface area (Å²) >= 11 is 0. The Morgan fingerprint density at radius 3 is 2.50 bits per heavy atom. The summed E-state index contributed by atoms with van der Waals surface area (Å²) in [4.78, 5) is 0. The van der Waals surface area contributed by atoms with Gasteiger partial charge in [0.15, 0.2) is 0 Å². The highest BCUT2D eigenvalue weighted by molar-refractivity contribution is 5.43. The molecule has 0 heterocycles. The number of nitrogens with two attached hydrogens (primary N) is 1. The van der Waals surface area contributed by atoms with E-state index < -0.39 is 0 Å². The Hall–Kier alpha value is -1.96. The molecule has 0 fully saturated rings. The lowest BCUT2D eigenvalue weighted by Crippen LogP contribution is -1.96. The highest BCUT2D eigenvalue weighted by atomic mass is 16.5. The molecule has 2 rings (SSSR count). The lowest BCUT2D eigenvalue weighted by molar-refractivity contribution is 0.338. The van der Waals surface area contributed by atoms with Crippen molar-refractivity contribution in [3.8, 4) is 5.75 Å². The standard InChI is InChI=1S/C16H19NO/c1-3-18-16-8-7-14(9-12(16)2)10-13-5-4-6-15(17)11-13/h4-9,11H,3,10,17H2,1-2H3. The van der Waals surface area contributed by atoms with E-state index in [4.69, 9.17) is 10.5 Å². The van der Waals surface area contributed by atoms with Crippen LogP contribution in [0.3, 0.4) is 0 Å². The summed E-state index contributed by atoms with van der Waals surface area (Å²) < 4.78 is 5.54. The van der Waals surface area contributed by atoms with Gasteiger partial charge in [0.25, 0.3) is 0 Å². The maximum absolute atomic E-state index is 5.79. The molecular weight excluding hydrogens is 222 g/mol. The van der Waals surface area contributed by atoms with Crippen molar-refractivity contribution in [2.45, 2.75) is 20.3 Å². The largest absolute Gasteiger partial charge is 0.494 e. The molecule has 2 N–H and O–H groups in total. The van der Waals surface area contributed by atoms with E-state index in [-0.39, 0.29) is 0 Å². The summed E-state index contributed by atoms with van der Waals surface area (Å²) in [6, 6.07) is 14.3. The minimum absolute atomic E-state index is 0.704. The molecule has 0 aliphatic carbocycles. The molecule has 0 unspecified atom stereocenters.